The van der Waals surface area contributed by atoms with Gasteiger partial charge < -0.3 is 4.74 Å². The van der Waals surface area contributed by atoms with Gasteiger partial charge in [0.1, 0.15) is 0 Å². The second-order valence-corrected chi connectivity index (χ2v) is 5.38. The highest BCUT2D eigenvalue weighted by Crippen LogP contribution is 2.26. The number of hydrogen-bond acceptors (Lipinski definition) is 6. The number of hydrogen-bond donors (Lipinski definition) is 0. The average molecular weight is 289 g/mol. The van der Waals surface area contributed by atoms with E-state index in [2.05, 4.69) is 21.3 Å². The van der Waals surface area contributed by atoms with E-state index in [0.717, 1.165) is 16.5 Å². The molecule has 2 aromatic heterocycles. The predicted molar refractivity (Wildman–Crippen MR) is 76.1 cm³/mol. The second-order valence-electron chi connectivity index (χ2n) is 4.08. The van der Waals surface area contributed by atoms with Crippen molar-refractivity contribution in [2.75, 3.05) is 13.7 Å². The number of ether oxygens (including phenoxy) is 1. The predicted octanol–water partition coefficient (Wildman–Crippen LogP) is 1.99. The molecule has 0 amide bonds. The van der Waals surface area contributed by atoms with E-state index in [9.17, 15) is 0 Å². The molecule has 0 spiro atoms. The number of thioether (sulfide) groups is 1. The quantitative estimate of drug-likeness (QED) is 0.757. The van der Waals surface area contributed by atoms with Crippen molar-refractivity contribution in [2.45, 2.75) is 23.9 Å². The van der Waals surface area contributed by atoms with E-state index in [0.29, 0.717) is 13.2 Å². The molecule has 7 heteroatoms. The summed E-state index contributed by atoms with van der Waals surface area (Å²) in [5.74, 6) is 0.761. The van der Waals surface area contributed by atoms with Crippen molar-refractivity contribution in [2.24, 2.45) is 0 Å². The lowest BCUT2D eigenvalue weighted by molar-refractivity contribution is 0.185. The molecule has 0 saturated heterocycles. The summed E-state index contributed by atoms with van der Waals surface area (Å²) >= 11 is 1.39. The van der Waals surface area contributed by atoms with E-state index in [1.807, 2.05) is 23.6 Å². The van der Waals surface area contributed by atoms with Gasteiger partial charge in [-0.05, 0) is 19.1 Å². The van der Waals surface area contributed by atoms with Crippen molar-refractivity contribution in [3.63, 3.8) is 0 Å². The Kier molecular flexibility index (Phi) is 5.09. The maximum atomic E-state index is 8.93. The number of nitriles is 1. The number of nitrogens with zero attached hydrogens (tertiary/aromatic N) is 5. The van der Waals surface area contributed by atoms with Crippen LogP contribution in [-0.4, -0.2) is 38.7 Å². The molecule has 0 aromatic carbocycles. The Balaban J connectivity index is 2.35. The summed E-state index contributed by atoms with van der Waals surface area (Å²) in [6, 6.07) is 5.96. The maximum absolute atomic E-state index is 8.93. The SMILES string of the molecule is COCCn1c(SC(C)C#N)nnc1-c1ccncc1. The summed E-state index contributed by atoms with van der Waals surface area (Å²) in [6.45, 7) is 3.04. The molecule has 0 N–H and O–H groups in total. The summed E-state index contributed by atoms with van der Waals surface area (Å²) in [5, 5.41) is 17.9. The smallest absolute Gasteiger partial charge is 0.192 e. The third kappa shape index (κ3) is 3.35. The molecule has 0 saturated carbocycles. The Hall–Kier alpha value is -1.91. The fourth-order valence-electron chi connectivity index (χ4n) is 1.66. The summed E-state index contributed by atoms with van der Waals surface area (Å²) in [5.41, 5.74) is 0.945. The Labute approximate surface area is 121 Å². The van der Waals surface area contributed by atoms with Crippen LogP contribution in [0.25, 0.3) is 11.4 Å². The molecule has 1 atom stereocenters. The lowest BCUT2D eigenvalue weighted by Gasteiger charge is -2.09. The molecule has 20 heavy (non-hydrogen) atoms. The molecule has 0 bridgehead atoms. The zero-order chi connectivity index (χ0) is 14.4. The van der Waals surface area contributed by atoms with Crippen molar-refractivity contribution in [1.82, 2.24) is 19.7 Å². The molecule has 2 aromatic rings. The van der Waals surface area contributed by atoms with Gasteiger partial charge in [0, 0.05) is 25.1 Å². The summed E-state index contributed by atoms with van der Waals surface area (Å²) < 4.78 is 7.10. The lowest BCUT2D eigenvalue weighted by Crippen LogP contribution is -2.08. The molecule has 0 fully saturated rings. The van der Waals surface area contributed by atoms with Crippen LogP contribution in [0.1, 0.15) is 6.92 Å². The molecule has 2 heterocycles. The van der Waals surface area contributed by atoms with E-state index < -0.39 is 0 Å². The van der Waals surface area contributed by atoms with Crippen molar-refractivity contribution in [1.29, 1.82) is 5.26 Å². The Bertz CT molecular complexity index is 593. The Morgan fingerprint density at radius 1 is 1.40 bits per heavy atom. The Morgan fingerprint density at radius 2 is 2.15 bits per heavy atom. The van der Waals surface area contributed by atoms with Gasteiger partial charge in [-0.2, -0.15) is 5.26 Å². The topological polar surface area (TPSA) is 76.6 Å². The first-order valence-electron chi connectivity index (χ1n) is 6.15. The van der Waals surface area contributed by atoms with Gasteiger partial charge in [0.05, 0.1) is 24.5 Å². The van der Waals surface area contributed by atoms with Crippen LogP contribution in [-0.2, 0) is 11.3 Å². The van der Waals surface area contributed by atoms with Crippen LogP contribution >= 0.6 is 11.8 Å². The highest BCUT2D eigenvalue weighted by molar-refractivity contribution is 8.00. The fraction of sp³-hybridized carbons (Fsp3) is 0.385. The lowest BCUT2D eigenvalue weighted by atomic mass is 10.2. The van der Waals surface area contributed by atoms with E-state index in [-0.39, 0.29) is 5.25 Å². The van der Waals surface area contributed by atoms with Gasteiger partial charge in [-0.3, -0.25) is 9.55 Å². The number of pyridine rings is 1. The Morgan fingerprint density at radius 3 is 2.80 bits per heavy atom. The standard InChI is InChI=1S/C13H15N5OS/c1-10(9-14)20-13-17-16-12(18(13)7-8-19-2)11-3-5-15-6-4-11/h3-6,10H,7-8H2,1-2H3. The molecule has 104 valence electrons. The highest BCUT2D eigenvalue weighted by atomic mass is 32.2. The van der Waals surface area contributed by atoms with Gasteiger partial charge in [-0.25, -0.2) is 0 Å². The summed E-state index contributed by atoms with van der Waals surface area (Å²) in [4.78, 5) is 4.00. The minimum absolute atomic E-state index is 0.175. The molecular formula is C13H15N5OS. The first-order valence-corrected chi connectivity index (χ1v) is 7.03. The molecule has 0 radical (unpaired) electrons. The zero-order valence-corrected chi connectivity index (χ0v) is 12.2. The molecular weight excluding hydrogens is 274 g/mol. The van der Waals surface area contributed by atoms with E-state index >= 15 is 0 Å². The van der Waals surface area contributed by atoms with Gasteiger partial charge >= 0.3 is 0 Å². The van der Waals surface area contributed by atoms with Crippen molar-refractivity contribution in [3.05, 3.63) is 24.5 Å². The minimum Gasteiger partial charge on any atom is -0.383 e. The van der Waals surface area contributed by atoms with Crippen molar-refractivity contribution in [3.8, 4) is 17.5 Å². The third-order valence-electron chi connectivity index (χ3n) is 2.64. The first-order chi connectivity index (χ1) is 9.76. The molecule has 6 nitrogen and oxygen atoms in total. The molecule has 2 rings (SSSR count). The van der Waals surface area contributed by atoms with E-state index in [1.54, 1.807) is 19.5 Å². The highest BCUT2D eigenvalue weighted by Gasteiger charge is 2.16. The van der Waals surface area contributed by atoms with Crippen LogP contribution in [0.15, 0.2) is 29.7 Å². The van der Waals surface area contributed by atoms with Gasteiger partial charge in [-0.1, -0.05) is 11.8 Å². The molecule has 0 aliphatic heterocycles. The van der Waals surface area contributed by atoms with E-state index in [4.69, 9.17) is 10.00 Å². The van der Waals surface area contributed by atoms with Gasteiger partial charge in [0.25, 0.3) is 0 Å². The van der Waals surface area contributed by atoms with Crippen LogP contribution in [0.3, 0.4) is 0 Å². The van der Waals surface area contributed by atoms with Crippen LogP contribution in [0.5, 0.6) is 0 Å². The number of aromatic nitrogens is 4. The molecule has 0 aliphatic carbocycles. The van der Waals surface area contributed by atoms with Crippen molar-refractivity contribution >= 4 is 11.8 Å². The van der Waals surface area contributed by atoms with Crippen LogP contribution < -0.4 is 0 Å². The second kappa shape index (κ2) is 7.03. The number of methoxy groups -OCH3 is 1. The first kappa shape index (κ1) is 14.5. The fourth-order valence-corrected chi connectivity index (χ4v) is 2.42. The minimum atomic E-state index is -0.175. The van der Waals surface area contributed by atoms with Gasteiger partial charge in [-0.15, -0.1) is 10.2 Å². The summed E-state index contributed by atoms with van der Waals surface area (Å²) in [7, 11) is 1.65. The van der Waals surface area contributed by atoms with Crippen LogP contribution in [0, 0.1) is 11.3 Å². The van der Waals surface area contributed by atoms with Gasteiger partial charge in [0.2, 0.25) is 0 Å². The monoisotopic (exact) mass is 289 g/mol. The molecule has 1 unspecified atom stereocenters. The summed E-state index contributed by atoms with van der Waals surface area (Å²) in [6.07, 6.45) is 3.44. The van der Waals surface area contributed by atoms with Crippen LogP contribution in [0.4, 0.5) is 0 Å². The zero-order valence-electron chi connectivity index (χ0n) is 11.4. The normalized spacial score (nSPS) is 12.1. The van der Waals surface area contributed by atoms with Crippen LogP contribution in [0.2, 0.25) is 0 Å². The molecule has 0 aliphatic rings. The van der Waals surface area contributed by atoms with Gasteiger partial charge in [0.15, 0.2) is 11.0 Å². The third-order valence-corrected chi connectivity index (χ3v) is 3.61. The number of rotatable bonds is 6. The van der Waals surface area contributed by atoms with E-state index in [1.165, 1.54) is 11.8 Å². The largest absolute Gasteiger partial charge is 0.383 e. The van der Waals surface area contributed by atoms with Crippen molar-refractivity contribution < 1.29 is 4.74 Å². The average Bonchev–Trinajstić information content (AvgIpc) is 2.88. The maximum Gasteiger partial charge on any atom is 0.192 e.